The van der Waals surface area contributed by atoms with Gasteiger partial charge in [0.2, 0.25) is 0 Å². The fraction of sp³-hybridized carbons (Fsp3) is 0.154. The molecule has 0 aliphatic rings. The van der Waals surface area contributed by atoms with E-state index in [1.165, 1.54) is 0 Å². The highest BCUT2D eigenvalue weighted by atomic mass is 16.4. The van der Waals surface area contributed by atoms with Crippen LogP contribution in [0.5, 0.6) is 0 Å². The van der Waals surface area contributed by atoms with E-state index >= 15 is 0 Å². The van der Waals surface area contributed by atoms with Crippen LogP contribution in [0.2, 0.25) is 0 Å². The lowest BCUT2D eigenvalue weighted by molar-refractivity contribution is -0.142. The first-order valence-corrected chi connectivity index (χ1v) is 5.62. The molecule has 0 saturated heterocycles. The lowest BCUT2D eigenvalue weighted by atomic mass is 10.1. The second kappa shape index (κ2) is 5.45. The number of carbonyl (C=O) groups excluding carboxylic acids is 1. The minimum Gasteiger partial charge on any atom is -0.481 e. The molecule has 0 fully saturated rings. The van der Waals surface area contributed by atoms with Gasteiger partial charge in [0.05, 0.1) is 17.6 Å². The molecule has 0 aliphatic carbocycles. The zero-order chi connectivity index (χ0) is 13.8. The van der Waals surface area contributed by atoms with Crippen LogP contribution in [0.1, 0.15) is 6.42 Å². The van der Waals surface area contributed by atoms with E-state index in [1.54, 1.807) is 36.5 Å². The molecule has 1 heterocycles. The highest BCUT2D eigenvalue weighted by Gasteiger charge is 2.19. The van der Waals surface area contributed by atoms with Crippen LogP contribution >= 0.6 is 0 Å². The van der Waals surface area contributed by atoms with Gasteiger partial charge in [0.15, 0.2) is 0 Å². The lowest BCUT2D eigenvalue weighted by Crippen LogP contribution is -2.29. The molecular formula is C13H12N2O4. The van der Waals surface area contributed by atoms with Crippen molar-refractivity contribution in [2.75, 3.05) is 5.32 Å². The van der Waals surface area contributed by atoms with Crippen LogP contribution < -0.4 is 5.32 Å². The van der Waals surface area contributed by atoms with Crippen LogP contribution in [0.25, 0.3) is 10.9 Å². The number of pyridine rings is 1. The smallest absolute Gasteiger partial charge is 0.306 e. The van der Waals surface area contributed by atoms with Gasteiger partial charge in [-0.3, -0.25) is 14.6 Å². The Balaban J connectivity index is 2.22. The van der Waals surface area contributed by atoms with Gasteiger partial charge in [-0.2, -0.15) is 0 Å². The van der Waals surface area contributed by atoms with E-state index in [9.17, 15) is 14.7 Å². The Morgan fingerprint density at radius 2 is 2.05 bits per heavy atom. The summed E-state index contributed by atoms with van der Waals surface area (Å²) in [6.45, 7) is 0. The SMILES string of the molecule is O=C(O)C[C@H](O)C(=O)Nc1cccc2ncccc12. The summed E-state index contributed by atoms with van der Waals surface area (Å²) in [4.78, 5) is 26.2. The average Bonchev–Trinajstić information content (AvgIpc) is 2.38. The van der Waals surface area contributed by atoms with Crippen LogP contribution in [0.15, 0.2) is 36.5 Å². The van der Waals surface area contributed by atoms with E-state index in [2.05, 4.69) is 10.3 Å². The number of carbonyl (C=O) groups is 2. The zero-order valence-corrected chi connectivity index (χ0v) is 9.91. The first-order chi connectivity index (χ1) is 9.08. The Labute approximate surface area is 108 Å². The number of aliphatic hydroxyl groups excluding tert-OH is 1. The number of hydrogen-bond donors (Lipinski definition) is 3. The number of carboxylic acid groups (broad SMARTS) is 1. The maximum atomic E-state index is 11.6. The fourth-order valence-corrected chi connectivity index (χ4v) is 1.69. The van der Waals surface area contributed by atoms with Gasteiger partial charge in [0.1, 0.15) is 6.10 Å². The third kappa shape index (κ3) is 3.05. The van der Waals surface area contributed by atoms with E-state index in [0.29, 0.717) is 11.2 Å². The van der Waals surface area contributed by atoms with Gasteiger partial charge in [-0.25, -0.2) is 0 Å². The number of aliphatic carboxylic acids is 1. The van der Waals surface area contributed by atoms with Crippen LogP contribution in [-0.4, -0.2) is 33.2 Å². The highest BCUT2D eigenvalue weighted by Crippen LogP contribution is 2.21. The minimum absolute atomic E-state index is 0.486. The van der Waals surface area contributed by atoms with E-state index in [1.807, 2.05) is 0 Å². The molecule has 1 aromatic carbocycles. The number of benzene rings is 1. The average molecular weight is 260 g/mol. The number of anilines is 1. The third-order valence-corrected chi connectivity index (χ3v) is 2.57. The summed E-state index contributed by atoms with van der Waals surface area (Å²) >= 11 is 0. The number of aliphatic hydroxyl groups is 1. The number of aromatic nitrogens is 1. The third-order valence-electron chi connectivity index (χ3n) is 2.57. The summed E-state index contributed by atoms with van der Waals surface area (Å²) in [7, 11) is 0. The van der Waals surface area contributed by atoms with Gasteiger partial charge in [-0.15, -0.1) is 0 Å². The predicted octanol–water partition coefficient (Wildman–Crippen LogP) is 1.01. The number of hydrogen-bond acceptors (Lipinski definition) is 4. The van der Waals surface area contributed by atoms with Crippen LogP contribution in [0.3, 0.4) is 0 Å². The molecule has 3 N–H and O–H groups in total. The molecule has 2 rings (SSSR count). The maximum Gasteiger partial charge on any atom is 0.306 e. The van der Waals surface area contributed by atoms with Gasteiger partial charge < -0.3 is 15.5 Å². The summed E-state index contributed by atoms with van der Waals surface area (Å²) in [6.07, 6.45) is -0.577. The number of amides is 1. The Kier molecular flexibility index (Phi) is 3.72. The van der Waals surface area contributed by atoms with Gasteiger partial charge in [0, 0.05) is 11.6 Å². The molecule has 1 aromatic heterocycles. The van der Waals surface area contributed by atoms with Gasteiger partial charge >= 0.3 is 5.97 Å². The maximum absolute atomic E-state index is 11.6. The van der Waals surface area contributed by atoms with Crippen molar-refractivity contribution in [2.24, 2.45) is 0 Å². The molecule has 1 atom stereocenters. The van der Waals surface area contributed by atoms with Gasteiger partial charge in [-0.05, 0) is 24.3 Å². The molecule has 0 unspecified atom stereocenters. The minimum atomic E-state index is -1.58. The van der Waals surface area contributed by atoms with Gasteiger partial charge in [-0.1, -0.05) is 6.07 Å². The van der Waals surface area contributed by atoms with Crippen molar-refractivity contribution in [2.45, 2.75) is 12.5 Å². The lowest BCUT2D eigenvalue weighted by Gasteiger charge is -2.11. The Morgan fingerprint density at radius 1 is 1.26 bits per heavy atom. The summed E-state index contributed by atoms with van der Waals surface area (Å²) in [5, 5.41) is 21.2. The summed E-state index contributed by atoms with van der Waals surface area (Å²) in [5.74, 6) is -1.99. The largest absolute Gasteiger partial charge is 0.481 e. The van der Waals surface area contributed by atoms with Crippen LogP contribution in [0, 0.1) is 0 Å². The van der Waals surface area contributed by atoms with E-state index in [4.69, 9.17) is 5.11 Å². The van der Waals surface area contributed by atoms with Crippen molar-refractivity contribution in [3.63, 3.8) is 0 Å². The summed E-state index contributed by atoms with van der Waals surface area (Å²) < 4.78 is 0. The Hall–Kier alpha value is -2.47. The number of nitrogens with one attached hydrogen (secondary N) is 1. The van der Waals surface area contributed by atoms with E-state index in [-0.39, 0.29) is 0 Å². The van der Waals surface area contributed by atoms with E-state index in [0.717, 1.165) is 5.39 Å². The molecule has 0 bridgehead atoms. The number of nitrogens with zero attached hydrogens (tertiary/aromatic N) is 1. The summed E-state index contributed by atoms with van der Waals surface area (Å²) in [5.41, 5.74) is 1.19. The Bertz CT molecular complexity index is 622. The number of fused-ring (bicyclic) bond motifs is 1. The Morgan fingerprint density at radius 3 is 2.79 bits per heavy atom. The molecule has 6 nitrogen and oxygen atoms in total. The molecule has 98 valence electrons. The second-order valence-electron chi connectivity index (χ2n) is 3.98. The quantitative estimate of drug-likeness (QED) is 0.761. The molecule has 0 aliphatic heterocycles. The van der Waals surface area contributed by atoms with Crippen LogP contribution in [-0.2, 0) is 9.59 Å². The van der Waals surface area contributed by atoms with Crippen molar-refractivity contribution in [3.8, 4) is 0 Å². The molecule has 6 heteroatoms. The first-order valence-electron chi connectivity index (χ1n) is 5.62. The first kappa shape index (κ1) is 13.0. The second-order valence-corrected chi connectivity index (χ2v) is 3.98. The van der Waals surface area contributed by atoms with Crippen molar-refractivity contribution in [1.82, 2.24) is 4.98 Å². The van der Waals surface area contributed by atoms with Crippen molar-refractivity contribution in [3.05, 3.63) is 36.5 Å². The van der Waals surface area contributed by atoms with Crippen LogP contribution in [0.4, 0.5) is 5.69 Å². The normalized spacial score (nSPS) is 12.1. The topological polar surface area (TPSA) is 99.5 Å². The summed E-state index contributed by atoms with van der Waals surface area (Å²) in [6, 6.07) is 8.68. The molecular weight excluding hydrogens is 248 g/mol. The monoisotopic (exact) mass is 260 g/mol. The molecule has 2 aromatic rings. The molecule has 0 saturated carbocycles. The standard InChI is InChI=1S/C13H12N2O4/c16-11(7-12(17)18)13(19)15-10-5-1-4-9-8(10)3-2-6-14-9/h1-6,11,16H,7H2,(H,15,19)(H,17,18)/t11-/m0/s1. The van der Waals surface area contributed by atoms with Crippen molar-refractivity contribution in [1.29, 1.82) is 0 Å². The molecule has 0 radical (unpaired) electrons. The van der Waals surface area contributed by atoms with E-state index < -0.39 is 24.4 Å². The van der Waals surface area contributed by atoms with Crippen molar-refractivity contribution < 1.29 is 19.8 Å². The molecule has 19 heavy (non-hydrogen) atoms. The predicted molar refractivity (Wildman–Crippen MR) is 68.6 cm³/mol. The number of carboxylic acids is 1. The fourth-order valence-electron chi connectivity index (χ4n) is 1.69. The zero-order valence-electron chi connectivity index (χ0n) is 9.91. The molecule has 1 amide bonds. The molecule has 0 spiro atoms. The van der Waals surface area contributed by atoms with Gasteiger partial charge in [0.25, 0.3) is 5.91 Å². The highest BCUT2D eigenvalue weighted by molar-refractivity contribution is 6.03. The number of rotatable bonds is 4. The van der Waals surface area contributed by atoms with Crippen molar-refractivity contribution >= 4 is 28.5 Å².